The van der Waals surface area contributed by atoms with Crippen LogP contribution in [0.1, 0.15) is 10.9 Å². The molecule has 2 heterocycles. The van der Waals surface area contributed by atoms with Crippen molar-refractivity contribution in [3.05, 3.63) is 44.0 Å². The van der Waals surface area contributed by atoms with E-state index in [2.05, 4.69) is 20.9 Å². The topological polar surface area (TPSA) is 50.9 Å². The van der Waals surface area contributed by atoms with Crippen molar-refractivity contribution < 1.29 is 4.74 Å². The van der Waals surface area contributed by atoms with E-state index in [0.29, 0.717) is 12.5 Å². The fraction of sp³-hybridized carbons (Fsp3) is 0.214. The average molecular weight is 387 g/mol. The monoisotopic (exact) mass is 385 g/mol. The minimum atomic E-state index is 0.0371. The van der Waals surface area contributed by atoms with Crippen LogP contribution in [0.15, 0.2) is 39.8 Å². The first-order valence-electron chi connectivity index (χ1n) is 6.28. The summed E-state index contributed by atoms with van der Waals surface area (Å²) in [6.07, 6.45) is 0. The number of ether oxygens (including phenoxy) is 1. The van der Waals surface area contributed by atoms with Crippen LogP contribution in [0.2, 0.25) is 4.34 Å². The third kappa shape index (κ3) is 2.63. The van der Waals surface area contributed by atoms with Gasteiger partial charge < -0.3 is 10.5 Å². The summed E-state index contributed by atoms with van der Waals surface area (Å²) in [7, 11) is 1.65. The van der Waals surface area contributed by atoms with Gasteiger partial charge in [0.2, 0.25) is 0 Å². The van der Waals surface area contributed by atoms with Gasteiger partial charge in [0.15, 0.2) is 5.96 Å². The molecule has 0 bridgehead atoms. The first-order valence-corrected chi connectivity index (χ1v) is 8.27. The molecule has 2 aromatic rings. The molecule has 0 saturated heterocycles. The summed E-state index contributed by atoms with van der Waals surface area (Å²) in [5.74, 6) is 1.26. The number of halogens is 2. The summed E-state index contributed by atoms with van der Waals surface area (Å²) < 4.78 is 7.06. The highest BCUT2D eigenvalue weighted by Gasteiger charge is 2.32. The van der Waals surface area contributed by atoms with E-state index in [1.54, 1.807) is 7.11 Å². The second kappa shape index (κ2) is 5.87. The number of nitrogens with zero attached hydrogens (tertiary/aromatic N) is 2. The summed E-state index contributed by atoms with van der Waals surface area (Å²) >= 11 is 11.1. The Morgan fingerprint density at radius 3 is 2.90 bits per heavy atom. The van der Waals surface area contributed by atoms with Crippen molar-refractivity contribution in [3.8, 4) is 5.75 Å². The van der Waals surface area contributed by atoms with E-state index in [0.717, 1.165) is 25.1 Å². The van der Waals surface area contributed by atoms with Crippen LogP contribution in [0, 0.1) is 0 Å². The van der Waals surface area contributed by atoms with Crippen molar-refractivity contribution in [1.29, 1.82) is 0 Å². The molecule has 2 N–H and O–H groups in total. The zero-order valence-corrected chi connectivity index (χ0v) is 14.4. The summed E-state index contributed by atoms with van der Waals surface area (Å²) in [6.45, 7) is 0.604. The molecule has 1 unspecified atom stereocenters. The Bertz CT molecular complexity index is 684. The maximum absolute atomic E-state index is 6.16. The lowest BCUT2D eigenvalue weighted by Crippen LogP contribution is -2.36. The molecule has 1 aromatic carbocycles. The first-order chi connectivity index (χ1) is 10.1. The van der Waals surface area contributed by atoms with Gasteiger partial charge in [-0.3, -0.25) is 9.89 Å². The smallest absolute Gasteiger partial charge is 0.196 e. The van der Waals surface area contributed by atoms with E-state index in [1.165, 1.54) is 11.3 Å². The van der Waals surface area contributed by atoms with E-state index in [9.17, 15) is 0 Å². The lowest BCUT2D eigenvalue weighted by molar-refractivity contribution is 0.415. The molecule has 110 valence electrons. The summed E-state index contributed by atoms with van der Waals surface area (Å²) in [5.41, 5.74) is 6.99. The Morgan fingerprint density at radius 1 is 1.48 bits per heavy atom. The number of hydrogen-bond donors (Lipinski definition) is 1. The van der Waals surface area contributed by atoms with Gasteiger partial charge in [0.05, 0.1) is 25.4 Å². The van der Waals surface area contributed by atoms with Gasteiger partial charge in [0.1, 0.15) is 10.1 Å². The number of hydrogen-bond acceptors (Lipinski definition) is 5. The van der Waals surface area contributed by atoms with Crippen molar-refractivity contribution in [2.45, 2.75) is 6.04 Å². The standard InChI is InChI=1S/C14H13BrClN3OS/c1-20-11-5-3-2-4-9(11)19-10(7-18-14(19)17)12-6-8(15)13(16)21-12/h2-6,10H,7H2,1H3,(H2,17,18). The van der Waals surface area contributed by atoms with Gasteiger partial charge in [-0.15, -0.1) is 11.3 Å². The van der Waals surface area contributed by atoms with Gasteiger partial charge in [-0.05, 0) is 34.1 Å². The molecule has 0 radical (unpaired) electrons. The Labute approximate surface area is 140 Å². The zero-order valence-electron chi connectivity index (χ0n) is 11.2. The fourth-order valence-electron chi connectivity index (χ4n) is 2.36. The van der Waals surface area contributed by atoms with E-state index in [1.807, 2.05) is 35.2 Å². The van der Waals surface area contributed by atoms with Gasteiger partial charge in [-0.1, -0.05) is 23.7 Å². The Kier molecular flexibility index (Phi) is 4.10. The lowest BCUT2D eigenvalue weighted by atomic mass is 10.2. The number of methoxy groups -OCH3 is 1. The molecule has 1 aliphatic rings. The number of benzene rings is 1. The predicted octanol–water partition coefficient (Wildman–Crippen LogP) is 4.05. The number of rotatable bonds is 3. The molecule has 1 aliphatic heterocycles. The van der Waals surface area contributed by atoms with Crippen LogP contribution < -0.4 is 15.4 Å². The second-order valence-corrected chi connectivity index (χ2v) is 7.07. The van der Waals surface area contributed by atoms with E-state index in [-0.39, 0.29) is 6.04 Å². The van der Waals surface area contributed by atoms with Crippen LogP contribution in [0.25, 0.3) is 0 Å². The predicted molar refractivity (Wildman–Crippen MR) is 91.7 cm³/mol. The molecule has 3 rings (SSSR count). The molecule has 0 fully saturated rings. The molecular formula is C14H13BrClN3OS. The number of anilines is 1. The number of thiophene rings is 1. The third-order valence-electron chi connectivity index (χ3n) is 3.32. The first kappa shape index (κ1) is 14.7. The molecule has 0 saturated carbocycles. The molecular weight excluding hydrogens is 374 g/mol. The van der Waals surface area contributed by atoms with Gasteiger partial charge in [0, 0.05) is 9.35 Å². The van der Waals surface area contributed by atoms with E-state index >= 15 is 0 Å². The van der Waals surface area contributed by atoms with E-state index < -0.39 is 0 Å². The molecule has 0 amide bonds. The molecule has 0 spiro atoms. The number of para-hydroxylation sites is 2. The van der Waals surface area contributed by atoms with Crippen molar-refractivity contribution in [1.82, 2.24) is 0 Å². The second-order valence-electron chi connectivity index (χ2n) is 4.53. The minimum absolute atomic E-state index is 0.0371. The van der Waals surface area contributed by atoms with Crippen molar-refractivity contribution in [2.24, 2.45) is 10.7 Å². The van der Waals surface area contributed by atoms with Crippen LogP contribution in [-0.2, 0) is 0 Å². The van der Waals surface area contributed by atoms with Crippen LogP contribution >= 0.6 is 38.9 Å². The third-order valence-corrected chi connectivity index (χ3v) is 5.90. The summed E-state index contributed by atoms with van der Waals surface area (Å²) in [5, 5.41) is 0. The minimum Gasteiger partial charge on any atom is -0.495 e. The molecule has 21 heavy (non-hydrogen) atoms. The van der Waals surface area contributed by atoms with Crippen molar-refractivity contribution in [3.63, 3.8) is 0 Å². The lowest BCUT2D eigenvalue weighted by Gasteiger charge is -2.27. The van der Waals surface area contributed by atoms with Crippen molar-refractivity contribution >= 4 is 50.5 Å². The highest BCUT2D eigenvalue weighted by Crippen LogP contribution is 2.42. The zero-order chi connectivity index (χ0) is 15.0. The quantitative estimate of drug-likeness (QED) is 0.866. The average Bonchev–Trinajstić information content (AvgIpc) is 3.02. The molecule has 1 atom stereocenters. The van der Waals surface area contributed by atoms with E-state index in [4.69, 9.17) is 22.1 Å². The highest BCUT2D eigenvalue weighted by atomic mass is 79.9. The maximum atomic E-state index is 6.16. The van der Waals surface area contributed by atoms with Crippen LogP contribution in [0.3, 0.4) is 0 Å². The Hall–Kier alpha value is -1.24. The fourth-order valence-corrected chi connectivity index (χ4v) is 4.18. The normalized spacial score (nSPS) is 18.0. The van der Waals surface area contributed by atoms with Gasteiger partial charge in [-0.25, -0.2) is 0 Å². The number of guanidine groups is 1. The van der Waals surface area contributed by atoms with Crippen LogP contribution in [0.5, 0.6) is 5.75 Å². The number of aliphatic imine (C=N–C) groups is 1. The van der Waals surface area contributed by atoms with Crippen LogP contribution in [0.4, 0.5) is 5.69 Å². The van der Waals surface area contributed by atoms with Crippen molar-refractivity contribution in [2.75, 3.05) is 18.6 Å². The SMILES string of the molecule is COc1ccccc1N1C(N)=NCC1c1cc(Br)c(Cl)s1. The maximum Gasteiger partial charge on any atom is 0.196 e. The van der Waals surface area contributed by atoms with Gasteiger partial charge in [0.25, 0.3) is 0 Å². The molecule has 0 aliphatic carbocycles. The highest BCUT2D eigenvalue weighted by molar-refractivity contribution is 9.10. The van der Waals surface area contributed by atoms with Gasteiger partial charge in [-0.2, -0.15) is 0 Å². The number of nitrogens with two attached hydrogens (primary N) is 1. The Balaban J connectivity index is 2.03. The summed E-state index contributed by atoms with van der Waals surface area (Å²) in [4.78, 5) is 7.49. The largest absolute Gasteiger partial charge is 0.495 e. The molecule has 7 heteroatoms. The summed E-state index contributed by atoms with van der Waals surface area (Å²) in [6, 6.07) is 9.83. The van der Waals surface area contributed by atoms with Crippen LogP contribution in [-0.4, -0.2) is 19.6 Å². The van der Waals surface area contributed by atoms with Gasteiger partial charge >= 0.3 is 0 Å². The molecule has 4 nitrogen and oxygen atoms in total. The Morgan fingerprint density at radius 2 is 2.24 bits per heavy atom. The molecule has 1 aromatic heterocycles.